The summed E-state index contributed by atoms with van der Waals surface area (Å²) >= 11 is 0. The van der Waals surface area contributed by atoms with E-state index in [2.05, 4.69) is 4.72 Å². The molecule has 138 valence electrons. The van der Waals surface area contributed by atoms with Gasteiger partial charge >= 0.3 is 6.03 Å². The maximum absolute atomic E-state index is 12.1. The van der Waals surface area contributed by atoms with Gasteiger partial charge in [0.05, 0.1) is 12.3 Å². The first-order valence-electron chi connectivity index (χ1n) is 8.41. The van der Waals surface area contributed by atoms with Gasteiger partial charge in [-0.25, -0.2) is 17.9 Å². The van der Waals surface area contributed by atoms with E-state index in [1.54, 1.807) is 19.0 Å². The lowest BCUT2D eigenvalue weighted by atomic mass is 9.81. The third-order valence-electron chi connectivity index (χ3n) is 4.88. The Kier molecular flexibility index (Phi) is 4.68. The van der Waals surface area contributed by atoms with Gasteiger partial charge in [-0.05, 0) is 6.07 Å². The molecule has 0 unspecified atom stereocenters. The molecule has 0 aliphatic carbocycles. The molecule has 2 amide bonds. The number of hydrogen-bond acceptors (Lipinski definition) is 4. The van der Waals surface area contributed by atoms with E-state index in [1.165, 1.54) is 6.26 Å². The molecule has 2 aliphatic rings. The van der Waals surface area contributed by atoms with Crippen molar-refractivity contribution >= 4 is 16.1 Å². The van der Waals surface area contributed by atoms with Gasteiger partial charge in [0.25, 0.3) is 0 Å². The lowest BCUT2D eigenvalue weighted by Crippen LogP contribution is -2.54. The van der Waals surface area contributed by atoms with Crippen molar-refractivity contribution in [3.05, 3.63) is 29.8 Å². The number of nitrogens with zero attached hydrogens (tertiary/aromatic N) is 2. The van der Waals surface area contributed by atoms with Crippen molar-refractivity contribution in [3.8, 4) is 5.75 Å². The smallest absolute Gasteiger partial charge is 0.319 e. The van der Waals surface area contributed by atoms with Crippen LogP contribution < -0.4 is 9.46 Å². The molecule has 1 N–H and O–H groups in total. The van der Waals surface area contributed by atoms with Crippen molar-refractivity contribution in [2.24, 2.45) is 0 Å². The molecular formula is C17H25N3O4S. The maximum atomic E-state index is 12.1. The predicted molar refractivity (Wildman–Crippen MR) is 95.0 cm³/mol. The summed E-state index contributed by atoms with van der Waals surface area (Å²) in [5, 5.41) is 0. The molecule has 8 heteroatoms. The molecule has 3 rings (SSSR count). The Morgan fingerprint density at radius 3 is 2.52 bits per heavy atom. The first-order valence-corrected chi connectivity index (χ1v) is 10.3. The standard InChI is InChI=1S/C17H25N3O4S/c1-19(2)16(21)20-10-8-17(9-11-20)12-14(18-25(3,22)23)13-6-4-5-7-15(13)24-17/h4-7,14,18H,8-12H2,1-3H3/t14-/m0/s1. The lowest BCUT2D eigenvalue weighted by Gasteiger charge is -2.47. The fourth-order valence-corrected chi connectivity index (χ4v) is 4.40. The Hall–Kier alpha value is -1.80. The van der Waals surface area contributed by atoms with Crippen molar-refractivity contribution in [1.29, 1.82) is 0 Å². The third-order valence-corrected chi connectivity index (χ3v) is 5.59. The van der Waals surface area contributed by atoms with Crippen molar-refractivity contribution in [1.82, 2.24) is 14.5 Å². The minimum Gasteiger partial charge on any atom is -0.487 e. The molecule has 2 heterocycles. The zero-order valence-corrected chi connectivity index (χ0v) is 15.7. The SMILES string of the molecule is CN(C)C(=O)N1CCC2(CC1)C[C@H](NS(C)(=O)=O)c1ccccc1O2. The van der Waals surface area contributed by atoms with Crippen LogP contribution in [0.25, 0.3) is 0 Å². The van der Waals surface area contributed by atoms with E-state index in [0.29, 0.717) is 32.4 Å². The molecular weight excluding hydrogens is 342 g/mol. The number of sulfonamides is 1. The third kappa shape index (κ3) is 3.90. The number of piperidine rings is 1. The number of carbonyl (C=O) groups excluding carboxylic acids is 1. The summed E-state index contributed by atoms with van der Waals surface area (Å²) in [5.41, 5.74) is 0.421. The molecule has 2 aliphatic heterocycles. The molecule has 1 fully saturated rings. The summed E-state index contributed by atoms with van der Waals surface area (Å²) in [4.78, 5) is 15.5. The van der Waals surface area contributed by atoms with Crippen LogP contribution in [-0.2, 0) is 10.0 Å². The van der Waals surface area contributed by atoms with Crippen molar-refractivity contribution < 1.29 is 17.9 Å². The van der Waals surface area contributed by atoms with Gasteiger partial charge in [-0.3, -0.25) is 0 Å². The second-order valence-electron chi connectivity index (χ2n) is 7.13. The molecule has 1 spiro atoms. The highest BCUT2D eigenvalue weighted by molar-refractivity contribution is 7.88. The Morgan fingerprint density at radius 2 is 1.92 bits per heavy atom. The highest BCUT2D eigenvalue weighted by Gasteiger charge is 2.44. The number of ether oxygens (including phenoxy) is 1. The minimum absolute atomic E-state index is 0.00290. The fraction of sp³-hybridized carbons (Fsp3) is 0.588. The van der Waals surface area contributed by atoms with Crippen LogP contribution in [0.4, 0.5) is 4.79 Å². The van der Waals surface area contributed by atoms with Gasteiger partial charge in [0.15, 0.2) is 0 Å². The fourth-order valence-electron chi connectivity index (χ4n) is 3.68. The lowest BCUT2D eigenvalue weighted by molar-refractivity contribution is -0.0166. The number of hydrogen-bond donors (Lipinski definition) is 1. The molecule has 0 radical (unpaired) electrons. The largest absolute Gasteiger partial charge is 0.487 e. The van der Waals surface area contributed by atoms with E-state index in [1.807, 2.05) is 29.2 Å². The van der Waals surface area contributed by atoms with E-state index in [9.17, 15) is 13.2 Å². The Morgan fingerprint density at radius 1 is 1.28 bits per heavy atom. The van der Waals surface area contributed by atoms with Gasteiger partial charge in [-0.15, -0.1) is 0 Å². The van der Waals surface area contributed by atoms with E-state index in [0.717, 1.165) is 11.3 Å². The van der Waals surface area contributed by atoms with Gasteiger partial charge in [-0.1, -0.05) is 18.2 Å². The summed E-state index contributed by atoms with van der Waals surface area (Å²) in [7, 11) is 0.150. The second-order valence-corrected chi connectivity index (χ2v) is 8.91. The van der Waals surface area contributed by atoms with Crippen LogP contribution >= 0.6 is 0 Å². The number of benzene rings is 1. The predicted octanol–water partition coefficient (Wildman–Crippen LogP) is 1.58. The molecule has 1 aromatic carbocycles. The molecule has 0 saturated carbocycles. The van der Waals surface area contributed by atoms with Crippen molar-refractivity contribution in [3.63, 3.8) is 0 Å². The van der Waals surface area contributed by atoms with E-state index in [4.69, 9.17) is 4.74 Å². The maximum Gasteiger partial charge on any atom is 0.319 e. The molecule has 25 heavy (non-hydrogen) atoms. The van der Waals surface area contributed by atoms with E-state index >= 15 is 0 Å². The average molecular weight is 367 g/mol. The topological polar surface area (TPSA) is 79.0 Å². The summed E-state index contributed by atoms with van der Waals surface area (Å²) in [6.07, 6.45) is 3.11. The number of rotatable bonds is 2. The van der Waals surface area contributed by atoms with Gasteiger partial charge in [0, 0.05) is 52.0 Å². The van der Waals surface area contributed by atoms with Crippen LogP contribution in [-0.4, -0.2) is 63.3 Å². The van der Waals surface area contributed by atoms with Gasteiger partial charge in [0.2, 0.25) is 10.0 Å². The van der Waals surface area contributed by atoms with Gasteiger partial charge in [0.1, 0.15) is 11.4 Å². The Bertz CT molecular complexity index is 755. The number of urea groups is 1. The molecule has 0 aromatic heterocycles. The summed E-state index contributed by atoms with van der Waals surface area (Å²) < 4.78 is 32.6. The van der Waals surface area contributed by atoms with Crippen LogP contribution in [0.2, 0.25) is 0 Å². The first kappa shape index (κ1) is 18.0. The minimum atomic E-state index is -3.33. The molecule has 1 atom stereocenters. The highest BCUT2D eigenvalue weighted by Crippen LogP contribution is 2.44. The van der Waals surface area contributed by atoms with Crippen molar-refractivity contribution in [2.45, 2.75) is 30.9 Å². The number of fused-ring (bicyclic) bond motifs is 1. The van der Waals surface area contributed by atoms with Crippen LogP contribution in [0, 0.1) is 0 Å². The summed E-state index contributed by atoms with van der Waals surface area (Å²) in [6, 6.07) is 7.24. The van der Waals surface area contributed by atoms with Crippen LogP contribution in [0.5, 0.6) is 5.75 Å². The number of likely N-dealkylation sites (tertiary alicyclic amines) is 1. The van der Waals surface area contributed by atoms with Crippen molar-refractivity contribution in [2.75, 3.05) is 33.4 Å². The molecule has 1 aromatic rings. The zero-order valence-electron chi connectivity index (χ0n) is 14.9. The second kappa shape index (κ2) is 6.49. The van der Waals surface area contributed by atoms with Gasteiger partial charge in [-0.2, -0.15) is 0 Å². The normalized spacial score (nSPS) is 22.2. The Balaban J connectivity index is 1.82. The zero-order chi connectivity index (χ0) is 18.2. The number of para-hydroxylation sites is 1. The monoisotopic (exact) mass is 367 g/mol. The van der Waals surface area contributed by atoms with Gasteiger partial charge < -0.3 is 14.5 Å². The summed E-state index contributed by atoms with van der Waals surface area (Å²) in [6.45, 7) is 1.20. The van der Waals surface area contributed by atoms with Crippen LogP contribution in [0.15, 0.2) is 24.3 Å². The first-order chi connectivity index (χ1) is 11.7. The highest BCUT2D eigenvalue weighted by atomic mass is 32.2. The average Bonchev–Trinajstić information content (AvgIpc) is 2.53. The van der Waals surface area contributed by atoms with Crippen LogP contribution in [0.1, 0.15) is 30.9 Å². The molecule has 7 nitrogen and oxygen atoms in total. The molecule has 1 saturated heterocycles. The number of amides is 2. The quantitative estimate of drug-likeness (QED) is 0.861. The number of nitrogens with one attached hydrogen (secondary N) is 1. The Labute approximate surface area is 149 Å². The number of carbonyl (C=O) groups is 1. The van der Waals surface area contributed by atoms with E-state index < -0.39 is 15.6 Å². The summed E-state index contributed by atoms with van der Waals surface area (Å²) in [5.74, 6) is 0.724. The molecule has 0 bridgehead atoms. The van der Waals surface area contributed by atoms with E-state index in [-0.39, 0.29) is 12.1 Å². The van der Waals surface area contributed by atoms with Crippen LogP contribution in [0.3, 0.4) is 0 Å².